The first-order valence-electron chi connectivity index (χ1n) is 7.49. The van der Waals surface area contributed by atoms with Crippen molar-refractivity contribution in [3.05, 3.63) is 0 Å². The number of carbonyl (C=O) groups is 1. The molecule has 1 aliphatic rings. The highest BCUT2D eigenvalue weighted by molar-refractivity contribution is 5.69. The van der Waals surface area contributed by atoms with Gasteiger partial charge < -0.3 is 19.8 Å². The number of carboxylic acid groups (broad SMARTS) is 1. The zero-order valence-corrected chi connectivity index (χ0v) is 12.5. The molecule has 0 aromatic carbocycles. The Kier molecular flexibility index (Phi) is 8.77. The van der Waals surface area contributed by atoms with Crippen molar-refractivity contribution in [3.8, 4) is 0 Å². The van der Waals surface area contributed by atoms with Gasteiger partial charge in [-0.2, -0.15) is 0 Å². The fourth-order valence-electron chi connectivity index (χ4n) is 2.40. The quantitative estimate of drug-likeness (QED) is 0.594. The number of hydrogen-bond acceptors (Lipinski definition) is 5. The van der Waals surface area contributed by atoms with Crippen molar-refractivity contribution < 1.29 is 19.7 Å². The van der Waals surface area contributed by atoms with Gasteiger partial charge in [0.2, 0.25) is 0 Å². The molecule has 1 atom stereocenters. The Morgan fingerprint density at radius 1 is 1.30 bits per heavy atom. The zero-order chi connectivity index (χ0) is 14.8. The maximum absolute atomic E-state index is 10.9. The molecular weight excluding hydrogens is 260 g/mol. The maximum atomic E-state index is 10.9. The SMILES string of the molecule is CC(CN(CCCO)CCCN1CCOCC1)C(=O)O. The number of aliphatic carboxylic acids is 1. The number of hydrogen-bond donors (Lipinski definition) is 2. The van der Waals surface area contributed by atoms with Crippen molar-refractivity contribution in [2.45, 2.75) is 19.8 Å². The van der Waals surface area contributed by atoms with Crippen LogP contribution in [-0.4, -0.2) is 85.1 Å². The standard InChI is InChI=1S/C14H28N2O4/c1-13(14(18)19)12-16(6-3-9-17)5-2-4-15-7-10-20-11-8-15/h13,17H,2-12H2,1H3,(H,18,19). The van der Waals surface area contributed by atoms with Gasteiger partial charge >= 0.3 is 5.97 Å². The number of nitrogens with zero attached hydrogens (tertiary/aromatic N) is 2. The molecule has 0 radical (unpaired) electrons. The normalized spacial score (nSPS) is 18.4. The molecular formula is C14H28N2O4. The van der Waals surface area contributed by atoms with Crippen LogP contribution in [0.25, 0.3) is 0 Å². The Morgan fingerprint density at radius 2 is 1.95 bits per heavy atom. The highest BCUT2D eigenvalue weighted by Gasteiger charge is 2.16. The summed E-state index contributed by atoms with van der Waals surface area (Å²) >= 11 is 0. The van der Waals surface area contributed by atoms with Crippen LogP contribution in [0, 0.1) is 5.92 Å². The van der Waals surface area contributed by atoms with E-state index in [-0.39, 0.29) is 12.5 Å². The van der Waals surface area contributed by atoms with E-state index in [0.29, 0.717) is 13.0 Å². The van der Waals surface area contributed by atoms with Gasteiger partial charge in [-0.3, -0.25) is 9.69 Å². The lowest BCUT2D eigenvalue weighted by Gasteiger charge is -2.28. The number of rotatable bonds is 10. The Morgan fingerprint density at radius 3 is 2.55 bits per heavy atom. The second kappa shape index (κ2) is 10.1. The smallest absolute Gasteiger partial charge is 0.307 e. The summed E-state index contributed by atoms with van der Waals surface area (Å²) in [5.74, 6) is -1.12. The average molecular weight is 288 g/mol. The predicted molar refractivity (Wildman–Crippen MR) is 76.8 cm³/mol. The second-order valence-corrected chi connectivity index (χ2v) is 5.42. The molecule has 1 saturated heterocycles. The molecule has 1 rings (SSSR count). The Labute approximate surface area is 121 Å². The van der Waals surface area contributed by atoms with Crippen LogP contribution in [0.5, 0.6) is 0 Å². The molecule has 0 aromatic heterocycles. The van der Waals surface area contributed by atoms with Crippen LogP contribution in [0.15, 0.2) is 0 Å². The number of carboxylic acids is 1. The molecule has 20 heavy (non-hydrogen) atoms. The highest BCUT2D eigenvalue weighted by Crippen LogP contribution is 2.04. The summed E-state index contributed by atoms with van der Waals surface area (Å²) < 4.78 is 5.31. The molecule has 1 fully saturated rings. The van der Waals surface area contributed by atoms with Crippen LogP contribution in [0.3, 0.4) is 0 Å². The van der Waals surface area contributed by atoms with Gasteiger partial charge in [-0.25, -0.2) is 0 Å². The van der Waals surface area contributed by atoms with Gasteiger partial charge in [0.1, 0.15) is 0 Å². The number of morpholine rings is 1. The summed E-state index contributed by atoms with van der Waals surface area (Å²) in [6, 6.07) is 0. The van der Waals surface area contributed by atoms with Crippen LogP contribution in [0.1, 0.15) is 19.8 Å². The average Bonchev–Trinajstić information content (AvgIpc) is 2.45. The van der Waals surface area contributed by atoms with Crippen molar-refractivity contribution in [1.29, 1.82) is 0 Å². The van der Waals surface area contributed by atoms with Crippen LogP contribution < -0.4 is 0 Å². The van der Waals surface area contributed by atoms with E-state index in [0.717, 1.165) is 52.4 Å². The van der Waals surface area contributed by atoms with Gasteiger partial charge in [0.05, 0.1) is 19.1 Å². The molecule has 1 heterocycles. The lowest BCUT2D eigenvalue weighted by molar-refractivity contribution is -0.141. The summed E-state index contributed by atoms with van der Waals surface area (Å²) in [6.45, 7) is 8.71. The van der Waals surface area contributed by atoms with Gasteiger partial charge in [-0.15, -0.1) is 0 Å². The van der Waals surface area contributed by atoms with Crippen LogP contribution in [-0.2, 0) is 9.53 Å². The molecule has 118 valence electrons. The van der Waals surface area contributed by atoms with Crippen molar-refractivity contribution in [2.24, 2.45) is 5.92 Å². The fourth-order valence-corrected chi connectivity index (χ4v) is 2.40. The molecule has 1 unspecified atom stereocenters. The minimum Gasteiger partial charge on any atom is -0.481 e. The topological polar surface area (TPSA) is 73.2 Å². The summed E-state index contributed by atoms with van der Waals surface area (Å²) in [5, 5.41) is 17.9. The molecule has 2 N–H and O–H groups in total. The van der Waals surface area contributed by atoms with Crippen molar-refractivity contribution in [2.75, 3.05) is 59.1 Å². The Bertz CT molecular complexity index is 270. The van der Waals surface area contributed by atoms with E-state index < -0.39 is 5.97 Å². The van der Waals surface area contributed by atoms with Gasteiger partial charge in [-0.1, -0.05) is 6.92 Å². The fraction of sp³-hybridized carbons (Fsp3) is 0.929. The van der Waals surface area contributed by atoms with E-state index in [4.69, 9.17) is 14.9 Å². The minimum absolute atomic E-state index is 0.154. The summed E-state index contributed by atoms with van der Waals surface area (Å²) in [4.78, 5) is 15.5. The molecule has 0 aromatic rings. The van der Waals surface area contributed by atoms with E-state index in [1.54, 1.807) is 6.92 Å². The van der Waals surface area contributed by atoms with Gasteiger partial charge in [0, 0.05) is 32.8 Å². The zero-order valence-electron chi connectivity index (χ0n) is 12.5. The number of ether oxygens (including phenoxy) is 1. The van der Waals surface area contributed by atoms with E-state index in [9.17, 15) is 4.79 Å². The molecule has 1 aliphatic heterocycles. The lowest BCUT2D eigenvalue weighted by Crippen LogP contribution is -2.39. The molecule has 6 nitrogen and oxygen atoms in total. The maximum Gasteiger partial charge on any atom is 0.307 e. The molecule has 0 spiro atoms. The van der Waals surface area contributed by atoms with Crippen LogP contribution in [0.4, 0.5) is 0 Å². The van der Waals surface area contributed by atoms with Gasteiger partial charge in [0.25, 0.3) is 0 Å². The van der Waals surface area contributed by atoms with E-state index >= 15 is 0 Å². The minimum atomic E-state index is -0.757. The Hall–Kier alpha value is -0.690. The largest absolute Gasteiger partial charge is 0.481 e. The summed E-state index contributed by atoms with van der Waals surface area (Å²) in [7, 11) is 0. The molecule has 0 bridgehead atoms. The van der Waals surface area contributed by atoms with Crippen molar-refractivity contribution in [3.63, 3.8) is 0 Å². The third kappa shape index (κ3) is 7.19. The first kappa shape index (κ1) is 17.4. The van der Waals surface area contributed by atoms with Crippen molar-refractivity contribution >= 4 is 5.97 Å². The first-order valence-corrected chi connectivity index (χ1v) is 7.49. The Balaban J connectivity index is 2.25. The summed E-state index contributed by atoms with van der Waals surface area (Å²) in [6.07, 6.45) is 1.72. The van der Waals surface area contributed by atoms with Crippen molar-refractivity contribution in [1.82, 2.24) is 9.80 Å². The monoisotopic (exact) mass is 288 g/mol. The van der Waals surface area contributed by atoms with Crippen LogP contribution in [0.2, 0.25) is 0 Å². The van der Waals surface area contributed by atoms with Gasteiger partial charge in [-0.05, 0) is 25.9 Å². The van der Waals surface area contributed by atoms with E-state index in [1.807, 2.05) is 0 Å². The van der Waals surface area contributed by atoms with E-state index in [2.05, 4.69) is 9.80 Å². The lowest BCUT2D eigenvalue weighted by atomic mass is 10.1. The molecule has 0 amide bonds. The number of aliphatic hydroxyl groups excluding tert-OH is 1. The second-order valence-electron chi connectivity index (χ2n) is 5.42. The summed E-state index contributed by atoms with van der Waals surface area (Å²) in [5.41, 5.74) is 0. The highest BCUT2D eigenvalue weighted by atomic mass is 16.5. The van der Waals surface area contributed by atoms with Crippen LogP contribution >= 0.6 is 0 Å². The number of aliphatic hydroxyl groups is 1. The molecule has 6 heteroatoms. The van der Waals surface area contributed by atoms with Gasteiger partial charge in [0.15, 0.2) is 0 Å². The van der Waals surface area contributed by atoms with E-state index in [1.165, 1.54) is 0 Å². The first-order chi connectivity index (χ1) is 9.63. The molecule has 0 aliphatic carbocycles. The third-order valence-corrected chi connectivity index (χ3v) is 3.64. The third-order valence-electron chi connectivity index (χ3n) is 3.64. The predicted octanol–water partition coefficient (Wildman–Crippen LogP) is 0.114. The molecule has 0 saturated carbocycles.